The van der Waals surface area contributed by atoms with Crippen molar-refractivity contribution < 1.29 is 14.6 Å². The normalized spacial score (nSPS) is 12.0. The summed E-state index contributed by atoms with van der Waals surface area (Å²) in [6, 6.07) is 13.8. The van der Waals surface area contributed by atoms with Crippen LogP contribution in [0, 0.1) is 13.8 Å². The zero-order valence-corrected chi connectivity index (χ0v) is 19.9. The Labute approximate surface area is 190 Å². The number of aliphatic hydroxyl groups is 1. The third kappa shape index (κ3) is 8.91. The minimum atomic E-state index is -0.654. The molecular formula is C22H32IN3O3. The number of aryl methyl sites for hydroxylation is 2. The molecule has 0 spiro atoms. The van der Waals surface area contributed by atoms with Gasteiger partial charge >= 0.3 is 0 Å². The van der Waals surface area contributed by atoms with Gasteiger partial charge in [-0.2, -0.15) is 0 Å². The maximum atomic E-state index is 10.2. The van der Waals surface area contributed by atoms with Crippen LogP contribution in [-0.2, 0) is 6.54 Å². The number of rotatable bonds is 9. The molecule has 0 heterocycles. The molecule has 2 aromatic carbocycles. The van der Waals surface area contributed by atoms with E-state index in [0.29, 0.717) is 19.0 Å². The number of nitrogens with one attached hydrogen (secondary N) is 2. The molecule has 0 saturated carbocycles. The van der Waals surface area contributed by atoms with Crippen molar-refractivity contribution in [2.24, 2.45) is 4.99 Å². The summed E-state index contributed by atoms with van der Waals surface area (Å²) >= 11 is 0. The monoisotopic (exact) mass is 513 g/mol. The van der Waals surface area contributed by atoms with Gasteiger partial charge < -0.3 is 25.2 Å². The van der Waals surface area contributed by atoms with Gasteiger partial charge in [0.05, 0.1) is 13.7 Å². The Kier molecular flexibility index (Phi) is 11.5. The third-order valence-corrected chi connectivity index (χ3v) is 4.13. The minimum absolute atomic E-state index is 0. The number of guanidine groups is 1. The Morgan fingerprint density at radius 3 is 2.55 bits per heavy atom. The van der Waals surface area contributed by atoms with E-state index in [9.17, 15) is 5.11 Å². The molecule has 3 N–H and O–H groups in total. The molecule has 0 aromatic heterocycles. The molecule has 1 atom stereocenters. The van der Waals surface area contributed by atoms with Crippen LogP contribution in [0.1, 0.15) is 23.6 Å². The van der Waals surface area contributed by atoms with Gasteiger partial charge in [0.2, 0.25) is 0 Å². The van der Waals surface area contributed by atoms with E-state index in [0.717, 1.165) is 34.7 Å². The lowest BCUT2D eigenvalue weighted by atomic mass is 10.1. The molecule has 0 aliphatic heterocycles. The first-order chi connectivity index (χ1) is 13.5. The highest BCUT2D eigenvalue weighted by atomic mass is 127. The Bertz CT molecular complexity index is 784. The molecule has 2 aromatic rings. The Balaban J connectivity index is 0.00000420. The van der Waals surface area contributed by atoms with E-state index in [1.54, 1.807) is 7.11 Å². The molecule has 29 heavy (non-hydrogen) atoms. The van der Waals surface area contributed by atoms with Gasteiger partial charge in [-0.15, -0.1) is 24.0 Å². The van der Waals surface area contributed by atoms with Crippen LogP contribution in [0.15, 0.2) is 47.5 Å². The summed E-state index contributed by atoms with van der Waals surface area (Å²) in [5, 5.41) is 16.5. The number of ether oxygens (including phenoxy) is 2. The Hall–Kier alpha value is -2.00. The number of hydrogen-bond donors (Lipinski definition) is 3. The molecule has 0 aliphatic rings. The second kappa shape index (κ2) is 13.3. The Morgan fingerprint density at radius 1 is 1.10 bits per heavy atom. The number of aliphatic imine (C=N–C) groups is 1. The lowest BCUT2D eigenvalue weighted by Crippen LogP contribution is -2.42. The summed E-state index contributed by atoms with van der Waals surface area (Å²) in [7, 11) is 1.66. The lowest BCUT2D eigenvalue weighted by molar-refractivity contribution is 0.110. The maximum absolute atomic E-state index is 10.2. The van der Waals surface area contributed by atoms with Gasteiger partial charge in [-0.05, 0) is 50.1 Å². The van der Waals surface area contributed by atoms with Crippen LogP contribution >= 0.6 is 24.0 Å². The van der Waals surface area contributed by atoms with E-state index in [-0.39, 0.29) is 30.6 Å². The summed E-state index contributed by atoms with van der Waals surface area (Å²) in [5.41, 5.74) is 3.28. The fourth-order valence-electron chi connectivity index (χ4n) is 2.66. The number of halogens is 1. The maximum Gasteiger partial charge on any atom is 0.191 e. The van der Waals surface area contributed by atoms with Crippen LogP contribution in [0.5, 0.6) is 11.5 Å². The summed E-state index contributed by atoms with van der Waals surface area (Å²) in [6.07, 6.45) is -0.654. The zero-order valence-electron chi connectivity index (χ0n) is 17.6. The second-order valence-electron chi connectivity index (χ2n) is 6.67. The molecule has 1 unspecified atom stereocenters. The quantitative estimate of drug-likeness (QED) is 0.272. The first-order valence-electron chi connectivity index (χ1n) is 9.55. The highest BCUT2D eigenvalue weighted by Gasteiger charge is 2.08. The third-order valence-electron chi connectivity index (χ3n) is 4.13. The SMILES string of the molecule is CCNC(=NCc1ccc(C)cc1OC)NCC(O)COc1cccc(C)c1.I. The molecule has 7 heteroatoms. The molecular weight excluding hydrogens is 481 g/mol. The Morgan fingerprint density at radius 2 is 1.86 bits per heavy atom. The number of hydrogen-bond acceptors (Lipinski definition) is 4. The first kappa shape index (κ1) is 25.0. The molecule has 0 bridgehead atoms. The highest BCUT2D eigenvalue weighted by molar-refractivity contribution is 14.0. The van der Waals surface area contributed by atoms with Gasteiger partial charge in [-0.25, -0.2) is 4.99 Å². The van der Waals surface area contributed by atoms with Crippen molar-refractivity contribution in [1.82, 2.24) is 10.6 Å². The highest BCUT2D eigenvalue weighted by Crippen LogP contribution is 2.20. The van der Waals surface area contributed by atoms with Crippen molar-refractivity contribution in [3.8, 4) is 11.5 Å². The molecule has 2 rings (SSSR count). The van der Waals surface area contributed by atoms with Crippen molar-refractivity contribution in [3.05, 3.63) is 59.2 Å². The summed E-state index contributed by atoms with van der Waals surface area (Å²) in [6.45, 7) is 7.79. The van der Waals surface area contributed by atoms with Crippen molar-refractivity contribution >= 4 is 29.9 Å². The molecule has 0 aliphatic carbocycles. The minimum Gasteiger partial charge on any atom is -0.496 e. The first-order valence-corrected chi connectivity index (χ1v) is 9.55. The zero-order chi connectivity index (χ0) is 20.4. The van der Waals surface area contributed by atoms with E-state index in [2.05, 4.69) is 15.6 Å². The predicted octanol–water partition coefficient (Wildman–Crippen LogP) is 3.43. The molecule has 160 valence electrons. The number of benzene rings is 2. The summed E-state index contributed by atoms with van der Waals surface area (Å²) < 4.78 is 11.1. The van der Waals surface area contributed by atoms with E-state index in [1.807, 2.05) is 63.2 Å². The fourth-order valence-corrected chi connectivity index (χ4v) is 2.66. The van der Waals surface area contributed by atoms with Crippen molar-refractivity contribution in [1.29, 1.82) is 0 Å². The molecule has 0 amide bonds. The fraction of sp³-hybridized carbons (Fsp3) is 0.409. The van der Waals surface area contributed by atoms with Crippen molar-refractivity contribution in [2.75, 3.05) is 26.8 Å². The van der Waals surface area contributed by atoms with Gasteiger partial charge in [0.1, 0.15) is 24.2 Å². The van der Waals surface area contributed by atoms with Gasteiger partial charge in [0.15, 0.2) is 5.96 Å². The lowest BCUT2D eigenvalue weighted by Gasteiger charge is -2.16. The number of methoxy groups -OCH3 is 1. The van der Waals surface area contributed by atoms with Crippen LogP contribution in [0.2, 0.25) is 0 Å². The number of nitrogens with zero attached hydrogens (tertiary/aromatic N) is 1. The molecule has 0 saturated heterocycles. The van der Waals surface area contributed by atoms with E-state index < -0.39 is 6.10 Å². The van der Waals surface area contributed by atoms with Crippen molar-refractivity contribution in [3.63, 3.8) is 0 Å². The van der Waals surface area contributed by atoms with Crippen LogP contribution < -0.4 is 20.1 Å². The van der Waals surface area contributed by atoms with Crippen LogP contribution in [0.4, 0.5) is 0 Å². The van der Waals surface area contributed by atoms with E-state index >= 15 is 0 Å². The predicted molar refractivity (Wildman–Crippen MR) is 129 cm³/mol. The van der Waals surface area contributed by atoms with Gasteiger partial charge in [0, 0.05) is 18.7 Å². The van der Waals surface area contributed by atoms with Gasteiger partial charge in [-0.3, -0.25) is 0 Å². The molecule has 0 fully saturated rings. The molecule has 0 radical (unpaired) electrons. The largest absolute Gasteiger partial charge is 0.496 e. The van der Waals surface area contributed by atoms with Crippen LogP contribution in [0.25, 0.3) is 0 Å². The average Bonchev–Trinajstić information content (AvgIpc) is 2.69. The average molecular weight is 513 g/mol. The summed E-state index contributed by atoms with van der Waals surface area (Å²) in [5.74, 6) is 2.22. The second-order valence-corrected chi connectivity index (χ2v) is 6.67. The molecule has 6 nitrogen and oxygen atoms in total. The van der Waals surface area contributed by atoms with Crippen LogP contribution in [-0.4, -0.2) is 44.0 Å². The van der Waals surface area contributed by atoms with E-state index in [4.69, 9.17) is 9.47 Å². The summed E-state index contributed by atoms with van der Waals surface area (Å²) in [4.78, 5) is 4.59. The van der Waals surface area contributed by atoms with Gasteiger partial charge in [0.25, 0.3) is 0 Å². The van der Waals surface area contributed by atoms with E-state index in [1.165, 1.54) is 0 Å². The smallest absolute Gasteiger partial charge is 0.191 e. The number of aliphatic hydroxyl groups excluding tert-OH is 1. The van der Waals surface area contributed by atoms with Gasteiger partial charge in [-0.1, -0.05) is 24.3 Å². The standard InChI is InChI=1S/C22H31N3O3.HI/c1-5-23-22(24-13-18-10-9-17(3)12-21(18)27-4)25-14-19(26)15-28-20-8-6-7-16(2)11-20;/h6-12,19,26H,5,13-15H2,1-4H3,(H2,23,24,25);1H. The van der Waals surface area contributed by atoms with Crippen LogP contribution in [0.3, 0.4) is 0 Å². The topological polar surface area (TPSA) is 75.1 Å². The van der Waals surface area contributed by atoms with Crippen molar-refractivity contribution in [2.45, 2.75) is 33.4 Å².